The van der Waals surface area contributed by atoms with Crippen molar-refractivity contribution in [2.24, 2.45) is 0 Å². The number of pyridine rings is 2. The molecular weight excluding hydrogens is 408 g/mol. The van der Waals surface area contributed by atoms with E-state index in [1.165, 1.54) is 0 Å². The van der Waals surface area contributed by atoms with E-state index < -0.39 is 0 Å². The molecule has 0 unspecified atom stereocenters. The number of hydrogen-bond donors (Lipinski definition) is 1. The number of aryl methyl sites for hydroxylation is 1. The van der Waals surface area contributed by atoms with Crippen LogP contribution in [0.15, 0.2) is 42.6 Å². The summed E-state index contributed by atoms with van der Waals surface area (Å²) in [6, 6.07) is 11.6. The van der Waals surface area contributed by atoms with E-state index in [4.69, 9.17) is 4.74 Å². The van der Waals surface area contributed by atoms with E-state index in [1.807, 2.05) is 60.0 Å². The summed E-state index contributed by atoms with van der Waals surface area (Å²) in [5.41, 5.74) is 3.65. The molecule has 0 aliphatic carbocycles. The molecule has 1 saturated heterocycles. The van der Waals surface area contributed by atoms with Gasteiger partial charge >= 0.3 is 0 Å². The molecule has 1 amide bonds. The highest BCUT2D eigenvalue weighted by atomic mass is 35.5. The molecule has 152 valence electrons. The van der Waals surface area contributed by atoms with Crippen LogP contribution < -0.4 is 10.1 Å². The second-order valence-corrected chi connectivity index (χ2v) is 7.86. The average molecular weight is 431 g/mol. The van der Waals surface area contributed by atoms with Crippen molar-refractivity contribution in [3.05, 3.63) is 53.9 Å². The third kappa shape index (κ3) is 4.57. The molecule has 0 atom stereocenters. The van der Waals surface area contributed by atoms with Crippen LogP contribution in [0.5, 0.6) is 5.75 Å². The van der Waals surface area contributed by atoms with Crippen LogP contribution in [0.4, 0.5) is 11.4 Å². The van der Waals surface area contributed by atoms with Crippen LogP contribution in [0.1, 0.15) is 16.1 Å². The highest BCUT2D eigenvalue weighted by Crippen LogP contribution is 2.31. The van der Waals surface area contributed by atoms with E-state index in [9.17, 15) is 4.79 Å². The second kappa shape index (κ2) is 9.33. The summed E-state index contributed by atoms with van der Waals surface area (Å²) in [6.45, 7) is 3.44. The lowest BCUT2D eigenvalue weighted by Crippen LogP contribution is -2.38. The van der Waals surface area contributed by atoms with Gasteiger partial charge in [0.2, 0.25) is 0 Å². The van der Waals surface area contributed by atoms with Crippen molar-refractivity contribution in [1.82, 2.24) is 14.9 Å². The monoisotopic (exact) mass is 430 g/mol. The number of nitrogens with one attached hydrogen (secondary N) is 1. The summed E-state index contributed by atoms with van der Waals surface area (Å²) < 4.78 is 5.33. The van der Waals surface area contributed by atoms with Gasteiger partial charge in [-0.15, -0.1) is 12.4 Å². The molecule has 0 radical (unpaired) electrons. The van der Waals surface area contributed by atoms with E-state index in [2.05, 4.69) is 15.3 Å². The van der Waals surface area contributed by atoms with Crippen LogP contribution in [-0.2, 0) is 0 Å². The van der Waals surface area contributed by atoms with E-state index >= 15 is 0 Å². The second-order valence-electron chi connectivity index (χ2n) is 6.63. The normalized spacial score (nSPS) is 13.7. The molecule has 1 N–H and O–H groups in total. The first kappa shape index (κ1) is 21.2. The molecule has 0 bridgehead atoms. The smallest absolute Gasteiger partial charge is 0.257 e. The summed E-state index contributed by atoms with van der Waals surface area (Å²) in [5, 5.41) is 4.24. The summed E-state index contributed by atoms with van der Waals surface area (Å²) in [6.07, 6.45) is 1.64. The Balaban J connectivity index is 0.00000240. The van der Waals surface area contributed by atoms with E-state index in [-0.39, 0.29) is 18.3 Å². The molecule has 0 saturated carbocycles. The van der Waals surface area contributed by atoms with Crippen molar-refractivity contribution in [2.45, 2.75) is 6.92 Å². The van der Waals surface area contributed by atoms with Crippen LogP contribution in [0.25, 0.3) is 11.0 Å². The summed E-state index contributed by atoms with van der Waals surface area (Å²) in [7, 11) is 1.64. The van der Waals surface area contributed by atoms with E-state index in [0.717, 1.165) is 52.8 Å². The van der Waals surface area contributed by atoms with Crippen molar-refractivity contribution in [3.63, 3.8) is 0 Å². The van der Waals surface area contributed by atoms with Crippen molar-refractivity contribution in [2.75, 3.05) is 37.0 Å². The fraction of sp³-hybridized carbons (Fsp3) is 0.286. The number of ether oxygens (including phenoxy) is 1. The fourth-order valence-electron chi connectivity index (χ4n) is 3.25. The van der Waals surface area contributed by atoms with Crippen molar-refractivity contribution in [3.8, 4) is 5.75 Å². The molecule has 1 fully saturated rings. The van der Waals surface area contributed by atoms with Gasteiger partial charge in [0.15, 0.2) is 5.65 Å². The number of hydrogen-bond acceptors (Lipinski definition) is 6. The van der Waals surface area contributed by atoms with Crippen molar-refractivity contribution >= 4 is 52.5 Å². The van der Waals surface area contributed by atoms with Gasteiger partial charge in [0, 0.05) is 53.6 Å². The molecule has 3 aromatic rings. The van der Waals surface area contributed by atoms with E-state index in [1.54, 1.807) is 13.3 Å². The fourth-order valence-corrected chi connectivity index (χ4v) is 4.15. The van der Waals surface area contributed by atoms with Crippen LogP contribution in [-0.4, -0.2) is 52.5 Å². The van der Waals surface area contributed by atoms with Crippen LogP contribution in [0.3, 0.4) is 0 Å². The lowest BCUT2D eigenvalue weighted by Gasteiger charge is -2.27. The SMILES string of the molecule is COc1cccc(Nc2c(C(=O)N3CCSCC3)cnc3nc(C)ccc23)c1.Cl. The number of carbonyl (C=O) groups excluding carboxylic acids is 1. The number of rotatable bonds is 4. The number of nitrogens with zero attached hydrogens (tertiary/aromatic N) is 3. The molecule has 2 aromatic heterocycles. The Labute approximate surface area is 180 Å². The Kier molecular flexibility index (Phi) is 6.82. The molecule has 8 heteroatoms. The highest BCUT2D eigenvalue weighted by Gasteiger charge is 2.23. The van der Waals surface area contributed by atoms with Gasteiger partial charge in [-0.25, -0.2) is 9.97 Å². The van der Waals surface area contributed by atoms with Gasteiger partial charge in [-0.3, -0.25) is 4.79 Å². The Bertz CT molecular complexity index is 1020. The minimum absolute atomic E-state index is 0. The molecule has 0 spiro atoms. The molecule has 4 rings (SSSR count). The third-order valence-electron chi connectivity index (χ3n) is 4.74. The van der Waals surface area contributed by atoms with Gasteiger partial charge in [-0.2, -0.15) is 11.8 Å². The van der Waals surface area contributed by atoms with Gasteiger partial charge in [0.25, 0.3) is 5.91 Å². The molecule has 3 heterocycles. The highest BCUT2D eigenvalue weighted by molar-refractivity contribution is 7.99. The zero-order valence-electron chi connectivity index (χ0n) is 16.3. The Morgan fingerprint density at radius 2 is 2.00 bits per heavy atom. The number of methoxy groups -OCH3 is 1. The maximum absolute atomic E-state index is 13.2. The number of anilines is 2. The summed E-state index contributed by atoms with van der Waals surface area (Å²) in [5.74, 6) is 2.68. The van der Waals surface area contributed by atoms with Gasteiger partial charge in [-0.05, 0) is 31.2 Å². The molecular formula is C21H23ClN4O2S. The van der Waals surface area contributed by atoms with Gasteiger partial charge < -0.3 is 15.0 Å². The topological polar surface area (TPSA) is 67.3 Å². The predicted octanol–water partition coefficient (Wildman–Crippen LogP) is 4.30. The van der Waals surface area contributed by atoms with Gasteiger partial charge in [-0.1, -0.05) is 6.07 Å². The molecule has 6 nitrogen and oxygen atoms in total. The standard InChI is InChI=1S/C21H22N4O2S.ClH/c1-14-6-7-17-19(24-15-4-3-5-16(12-15)27-2)18(13-22-20(17)23-14)21(26)25-8-10-28-11-9-25;/h3-7,12-13H,8-11H2,1-2H3,(H,22,23,24);1H. The Morgan fingerprint density at radius 3 is 2.76 bits per heavy atom. The number of fused-ring (bicyclic) bond motifs is 1. The van der Waals surface area contributed by atoms with Crippen LogP contribution in [0.2, 0.25) is 0 Å². The number of aromatic nitrogens is 2. The average Bonchev–Trinajstić information content (AvgIpc) is 2.74. The van der Waals surface area contributed by atoms with Crippen molar-refractivity contribution in [1.29, 1.82) is 0 Å². The molecule has 1 aliphatic rings. The minimum Gasteiger partial charge on any atom is -0.497 e. The zero-order valence-corrected chi connectivity index (χ0v) is 18.0. The Hall–Kier alpha value is -2.51. The van der Waals surface area contributed by atoms with E-state index in [0.29, 0.717) is 11.2 Å². The number of carbonyl (C=O) groups is 1. The maximum Gasteiger partial charge on any atom is 0.257 e. The first-order chi connectivity index (χ1) is 13.7. The quantitative estimate of drug-likeness (QED) is 0.665. The third-order valence-corrected chi connectivity index (χ3v) is 5.68. The first-order valence-corrected chi connectivity index (χ1v) is 10.4. The van der Waals surface area contributed by atoms with Crippen molar-refractivity contribution < 1.29 is 9.53 Å². The van der Waals surface area contributed by atoms with Crippen LogP contribution in [0, 0.1) is 6.92 Å². The molecule has 1 aliphatic heterocycles. The number of amides is 1. The zero-order chi connectivity index (χ0) is 19.5. The lowest BCUT2D eigenvalue weighted by atomic mass is 10.1. The first-order valence-electron chi connectivity index (χ1n) is 9.20. The number of halogens is 1. The number of benzene rings is 1. The van der Waals surface area contributed by atoms with Gasteiger partial charge in [0.05, 0.1) is 18.4 Å². The largest absolute Gasteiger partial charge is 0.497 e. The summed E-state index contributed by atoms with van der Waals surface area (Å²) >= 11 is 1.88. The minimum atomic E-state index is 0. The maximum atomic E-state index is 13.2. The molecule has 1 aromatic carbocycles. The summed E-state index contributed by atoms with van der Waals surface area (Å²) in [4.78, 5) is 24.1. The predicted molar refractivity (Wildman–Crippen MR) is 121 cm³/mol. The number of thioether (sulfide) groups is 1. The Morgan fingerprint density at radius 1 is 1.21 bits per heavy atom. The van der Waals surface area contributed by atoms with Crippen LogP contribution >= 0.6 is 24.2 Å². The lowest BCUT2D eigenvalue weighted by molar-refractivity contribution is 0.0773. The van der Waals surface area contributed by atoms with Gasteiger partial charge in [0.1, 0.15) is 5.75 Å². The molecule has 29 heavy (non-hydrogen) atoms.